The molecule has 1 amide bonds. The number of nitrogens with zero attached hydrogens (tertiary/aromatic N) is 2. The molecule has 1 fully saturated rings. The van der Waals surface area contributed by atoms with Crippen molar-refractivity contribution in [2.75, 3.05) is 127 Å². The number of carbonyl (C=O) groups excluding carboxylic acids is 5. The molecule has 1 aliphatic heterocycles. The maximum Gasteiger partial charge on any atom is 0.412 e. The van der Waals surface area contributed by atoms with E-state index in [1.807, 2.05) is 37.3 Å². The van der Waals surface area contributed by atoms with E-state index in [2.05, 4.69) is 0 Å². The van der Waals surface area contributed by atoms with Crippen molar-refractivity contribution in [3.63, 3.8) is 0 Å². The van der Waals surface area contributed by atoms with Crippen LogP contribution in [-0.2, 0) is 103 Å². The van der Waals surface area contributed by atoms with Crippen LogP contribution in [0.25, 0.3) is 0 Å². The summed E-state index contributed by atoms with van der Waals surface area (Å²) < 4.78 is 87.4. The monoisotopic (exact) mass is 1040 g/mol. The lowest BCUT2D eigenvalue weighted by Crippen LogP contribution is -2.64. The third kappa shape index (κ3) is 25.3. The van der Waals surface area contributed by atoms with Crippen molar-refractivity contribution in [2.45, 2.75) is 77.5 Å². The first-order chi connectivity index (χ1) is 35.2. The minimum atomic E-state index is -1.86. The number of ether oxygens (including phenoxy) is 16. The van der Waals surface area contributed by atoms with Gasteiger partial charge in [0.1, 0.15) is 13.3 Å². The zero-order chi connectivity index (χ0) is 53.2. The van der Waals surface area contributed by atoms with Crippen LogP contribution in [0.5, 0.6) is 5.75 Å². The van der Waals surface area contributed by atoms with E-state index < -0.39 is 83.6 Å². The Morgan fingerprint density at radius 3 is 1.63 bits per heavy atom. The van der Waals surface area contributed by atoms with Gasteiger partial charge in [-0.05, 0) is 30.5 Å². The molecular weight excluding hydrogens is 973 g/mol. The summed E-state index contributed by atoms with van der Waals surface area (Å²) in [6, 6.07) is 13.2. The number of esters is 4. The highest BCUT2D eigenvalue weighted by Gasteiger charge is 2.56. The number of rotatable bonds is 38. The highest BCUT2D eigenvalue weighted by Crippen LogP contribution is 2.35. The van der Waals surface area contributed by atoms with Gasteiger partial charge in [-0.1, -0.05) is 36.4 Å². The van der Waals surface area contributed by atoms with Gasteiger partial charge >= 0.3 is 35.7 Å². The summed E-state index contributed by atoms with van der Waals surface area (Å²) in [7, 11) is 2.63. The number of nitro groups is 1. The molecule has 0 spiro atoms. The zero-order valence-electron chi connectivity index (χ0n) is 42.3. The molecule has 1 unspecified atom stereocenters. The molecular formula is C48H70N2O23. The van der Waals surface area contributed by atoms with Gasteiger partial charge < -0.3 is 75.8 Å². The molecule has 25 heteroatoms. The Hall–Kier alpha value is -5.61. The van der Waals surface area contributed by atoms with Crippen molar-refractivity contribution >= 4 is 35.7 Å². The second-order valence-electron chi connectivity index (χ2n) is 15.7. The van der Waals surface area contributed by atoms with Crippen LogP contribution in [0.4, 0.5) is 10.5 Å². The largest absolute Gasteiger partial charge is 0.467 e. The molecule has 0 saturated carbocycles. The standard InChI is InChI=1S/C48H70N2O23/c1-34(30-38-10-8-7-9-11-38)68-33-49(14-15-60-18-19-62-22-23-64-26-27-66-29-28-65-25-24-63-21-20-61-17-16-58-5)48(55)67-32-39-12-13-41(40(31-39)50(56)57)72-47-45(71-37(4)53)43(70-36(3)52)42(69-35(2)51)44(73-47)46(54)59-6/h7-13,31,34,42-45,47H,14-30,32-33H2,1-6H3/t34?,42-,43-,44-,45+,47+/m0/s1. The number of methoxy groups -OCH3 is 2. The minimum Gasteiger partial charge on any atom is -0.467 e. The number of hydrogen-bond acceptors (Lipinski definition) is 23. The van der Waals surface area contributed by atoms with Gasteiger partial charge in [0.05, 0.1) is 117 Å². The van der Waals surface area contributed by atoms with Crippen molar-refractivity contribution in [1.29, 1.82) is 0 Å². The fourth-order valence-electron chi connectivity index (χ4n) is 6.60. The van der Waals surface area contributed by atoms with E-state index in [-0.39, 0.29) is 44.8 Å². The fourth-order valence-corrected chi connectivity index (χ4v) is 6.60. The van der Waals surface area contributed by atoms with Crippen LogP contribution in [0.3, 0.4) is 0 Å². The van der Waals surface area contributed by atoms with E-state index in [1.54, 1.807) is 7.11 Å². The minimum absolute atomic E-state index is 0.0565. The highest BCUT2D eigenvalue weighted by molar-refractivity contribution is 5.77. The summed E-state index contributed by atoms with van der Waals surface area (Å²) in [6.07, 6.45) is -9.30. The number of hydrogen-bond donors (Lipinski definition) is 0. The van der Waals surface area contributed by atoms with E-state index in [9.17, 15) is 34.1 Å². The topological polar surface area (TPSA) is 279 Å². The van der Waals surface area contributed by atoms with Crippen molar-refractivity contribution in [2.24, 2.45) is 0 Å². The first-order valence-electron chi connectivity index (χ1n) is 23.5. The SMILES string of the molecule is COCCOCCOCCOCCOCCOCCOCCOCCN(COC(C)Cc1ccccc1)C(=O)OCc1ccc(O[C@@H]2O[C@H](C(=O)OC)[C@@H](OC(C)=O)[C@H](OC(C)=O)[C@H]2OC(C)=O)c([N+](=O)[O-])c1. The quantitative estimate of drug-likeness (QED) is 0.0233. The summed E-state index contributed by atoms with van der Waals surface area (Å²) in [4.78, 5) is 75.7. The van der Waals surface area contributed by atoms with Crippen molar-refractivity contribution in [3.8, 4) is 5.75 Å². The van der Waals surface area contributed by atoms with E-state index >= 15 is 0 Å². The van der Waals surface area contributed by atoms with Crippen molar-refractivity contribution < 1.29 is 105 Å². The predicted molar refractivity (Wildman–Crippen MR) is 251 cm³/mol. The van der Waals surface area contributed by atoms with Crippen LogP contribution in [0.15, 0.2) is 48.5 Å². The molecule has 0 aromatic heterocycles. The molecule has 0 bridgehead atoms. The average molecular weight is 1040 g/mol. The van der Waals surface area contributed by atoms with Crippen LogP contribution in [0.2, 0.25) is 0 Å². The molecule has 0 radical (unpaired) electrons. The number of amides is 1. The second-order valence-corrected chi connectivity index (χ2v) is 15.7. The van der Waals surface area contributed by atoms with Crippen LogP contribution in [0.1, 0.15) is 38.8 Å². The fraction of sp³-hybridized carbons (Fsp3) is 0.646. The highest BCUT2D eigenvalue weighted by atomic mass is 16.7. The second kappa shape index (κ2) is 36.3. The lowest BCUT2D eigenvalue weighted by Gasteiger charge is -2.42. The first-order valence-corrected chi connectivity index (χ1v) is 23.5. The van der Waals surface area contributed by atoms with Gasteiger partial charge in [-0.15, -0.1) is 0 Å². The van der Waals surface area contributed by atoms with Gasteiger partial charge in [0.25, 0.3) is 0 Å². The number of nitro benzene ring substituents is 1. The Morgan fingerprint density at radius 1 is 0.644 bits per heavy atom. The summed E-state index contributed by atoms with van der Waals surface area (Å²) in [5.41, 5.74) is 0.542. The summed E-state index contributed by atoms with van der Waals surface area (Å²) >= 11 is 0. The van der Waals surface area contributed by atoms with Crippen molar-refractivity contribution in [1.82, 2.24) is 4.90 Å². The lowest BCUT2D eigenvalue weighted by molar-refractivity contribution is -0.387. The lowest BCUT2D eigenvalue weighted by atomic mass is 9.97. The Morgan fingerprint density at radius 2 is 1.14 bits per heavy atom. The van der Waals surface area contributed by atoms with E-state index in [0.717, 1.165) is 45.6 Å². The zero-order valence-corrected chi connectivity index (χ0v) is 42.3. The Labute approximate surface area is 424 Å². The van der Waals surface area contributed by atoms with Gasteiger partial charge in [0, 0.05) is 40.5 Å². The molecule has 0 aliphatic carbocycles. The normalized spacial score (nSPS) is 17.8. The van der Waals surface area contributed by atoms with Gasteiger partial charge in [-0.25, -0.2) is 9.59 Å². The van der Waals surface area contributed by atoms with Crippen LogP contribution in [-0.4, -0.2) is 203 Å². The average Bonchev–Trinajstić information content (AvgIpc) is 3.35. The molecule has 1 aliphatic rings. The van der Waals surface area contributed by atoms with Gasteiger partial charge in [0.2, 0.25) is 12.4 Å². The number of carbonyl (C=O) groups is 5. The molecule has 2 aromatic carbocycles. The van der Waals surface area contributed by atoms with E-state index in [0.29, 0.717) is 85.7 Å². The summed E-state index contributed by atoms with van der Waals surface area (Å²) in [5, 5.41) is 12.4. The summed E-state index contributed by atoms with van der Waals surface area (Å²) in [5.74, 6) is -4.32. The van der Waals surface area contributed by atoms with Gasteiger partial charge in [-0.2, -0.15) is 0 Å². The molecule has 1 saturated heterocycles. The maximum absolute atomic E-state index is 13.5. The predicted octanol–water partition coefficient (Wildman–Crippen LogP) is 2.97. The summed E-state index contributed by atoms with van der Waals surface area (Å²) in [6.45, 7) is 10.3. The molecule has 25 nitrogen and oxygen atoms in total. The molecule has 410 valence electrons. The Bertz CT molecular complexity index is 1930. The maximum atomic E-state index is 13.5. The first kappa shape index (κ1) is 61.7. The van der Waals surface area contributed by atoms with E-state index in [4.69, 9.17) is 75.8 Å². The Balaban J connectivity index is 1.52. The molecule has 6 atom stereocenters. The Kier molecular flexibility index (Phi) is 30.7. The smallest absolute Gasteiger partial charge is 0.412 e. The molecule has 73 heavy (non-hydrogen) atoms. The van der Waals surface area contributed by atoms with E-state index in [1.165, 1.54) is 11.0 Å². The molecule has 3 rings (SSSR count). The third-order valence-corrected chi connectivity index (χ3v) is 9.97. The van der Waals surface area contributed by atoms with Crippen LogP contribution >= 0.6 is 0 Å². The molecule has 0 N–H and O–H groups in total. The molecule has 1 heterocycles. The third-order valence-electron chi connectivity index (χ3n) is 9.97. The number of benzene rings is 2. The molecule has 2 aromatic rings. The van der Waals surface area contributed by atoms with Crippen molar-refractivity contribution in [3.05, 3.63) is 69.8 Å². The van der Waals surface area contributed by atoms with Gasteiger partial charge in [-0.3, -0.25) is 29.4 Å². The van der Waals surface area contributed by atoms with Gasteiger partial charge in [0.15, 0.2) is 24.1 Å². The van der Waals surface area contributed by atoms with Crippen LogP contribution in [0, 0.1) is 10.1 Å². The van der Waals surface area contributed by atoms with Crippen LogP contribution < -0.4 is 4.74 Å².